The van der Waals surface area contributed by atoms with Crippen molar-refractivity contribution in [3.05, 3.63) is 72.2 Å². The van der Waals surface area contributed by atoms with E-state index in [-0.39, 0.29) is 12.7 Å². The summed E-state index contributed by atoms with van der Waals surface area (Å²) in [7, 11) is 0. The summed E-state index contributed by atoms with van der Waals surface area (Å²) < 4.78 is 13.4. The van der Waals surface area contributed by atoms with E-state index in [1.165, 1.54) is 6.20 Å². The number of terminal acetylenes is 1. The molecule has 1 aliphatic heterocycles. The van der Waals surface area contributed by atoms with Crippen molar-refractivity contribution in [3.63, 3.8) is 0 Å². The Morgan fingerprint density at radius 2 is 1.92 bits per heavy atom. The summed E-state index contributed by atoms with van der Waals surface area (Å²) in [4.78, 5) is 6.80. The van der Waals surface area contributed by atoms with Crippen LogP contribution in [-0.4, -0.2) is 51.1 Å². The van der Waals surface area contributed by atoms with Gasteiger partial charge in [-0.2, -0.15) is 10.4 Å². The number of hydrogen-bond acceptors (Lipinski definition) is 7. The number of pyridine rings is 2. The number of aliphatic hydroxyl groups is 1. The molecule has 4 heterocycles. The van der Waals surface area contributed by atoms with Gasteiger partial charge in [0.1, 0.15) is 36.1 Å². The maximum Gasteiger partial charge on any atom is 0.138 e. The van der Waals surface area contributed by atoms with Gasteiger partial charge in [0.25, 0.3) is 0 Å². The predicted molar refractivity (Wildman–Crippen MR) is 136 cm³/mol. The zero-order valence-corrected chi connectivity index (χ0v) is 20.0. The third-order valence-electron chi connectivity index (χ3n) is 5.85. The summed E-state index contributed by atoms with van der Waals surface area (Å²) in [6.45, 7) is 4.94. The molecule has 5 rings (SSSR count). The third kappa shape index (κ3) is 4.81. The number of nitriles is 1. The molecule has 0 amide bonds. The van der Waals surface area contributed by atoms with Crippen LogP contribution in [0.3, 0.4) is 0 Å². The van der Waals surface area contributed by atoms with Crippen molar-refractivity contribution in [2.75, 3.05) is 24.6 Å². The first-order chi connectivity index (χ1) is 17.3. The maximum atomic E-state index is 10.0. The molecule has 8 nitrogen and oxygen atoms in total. The first kappa shape index (κ1) is 23.2. The van der Waals surface area contributed by atoms with E-state index < -0.39 is 5.60 Å². The molecule has 180 valence electrons. The van der Waals surface area contributed by atoms with Crippen molar-refractivity contribution in [1.82, 2.24) is 14.6 Å². The molecular formula is C28H25N5O3. The average Bonchev–Trinajstić information content (AvgIpc) is 3.27. The van der Waals surface area contributed by atoms with E-state index in [0.29, 0.717) is 16.8 Å². The normalized spacial score (nSPS) is 13.6. The number of benzene rings is 1. The monoisotopic (exact) mass is 479 g/mol. The number of ether oxygens (including phenoxy) is 2. The summed E-state index contributed by atoms with van der Waals surface area (Å²) in [5, 5.41) is 23.9. The standard InChI is InChI=1S/C28H25N5O3/c1-4-19-5-8-22(9-6-19)36-24-15-32(16-24)26-10-7-20(13-30-26)25-11-23(35-18-28(2,3)34)17-33-27(25)21(12-29)14-31-33/h1,5-11,13-14,17,24,34H,15-16,18H2,2-3H3. The number of anilines is 1. The van der Waals surface area contributed by atoms with Crippen LogP contribution in [0.1, 0.15) is 25.0 Å². The minimum atomic E-state index is -0.982. The Morgan fingerprint density at radius 1 is 1.14 bits per heavy atom. The van der Waals surface area contributed by atoms with Crippen LogP contribution < -0.4 is 14.4 Å². The lowest BCUT2D eigenvalue weighted by molar-refractivity contribution is 0.0283. The van der Waals surface area contributed by atoms with E-state index in [1.54, 1.807) is 30.8 Å². The van der Waals surface area contributed by atoms with Crippen molar-refractivity contribution in [3.8, 4) is 41.0 Å². The highest BCUT2D eigenvalue weighted by molar-refractivity contribution is 5.85. The molecule has 0 saturated carbocycles. The minimum absolute atomic E-state index is 0.0809. The van der Waals surface area contributed by atoms with Crippen molar-refractivity contribution < 1.29 is 14.6 Å². The first-order valence-electron chi connectivity index (χ1n) is 11.5. The number of fused-ring (bicyclic) bond motifs is 1. The second-order valence-corrected chi connectivity index (χ2v) is 9.37. The van der Waals surface area contributed by atoms with Gasteiger partial charge >= 0.3 is 0 Å². The molecule has 0 aliphatic carbocycles. The van der Waals surface area contributed by atoms with Gasteiger partial charge in [0.05, 0.1) is 42.2 Å². The summed E-state index contributed by atoms with van der Waals surface area (Å²) >= 11 is 0. The van der Waals surface area contributed by atoms with Crippen molar-refractivity contribution in [2.24, 2.45) is 0 Å². The number of rotatable bonds is 7. The Kier molecular flexibility index (Phi) is 5.97. The molecular weight excluding hydrogens is 454 g/mol. The molecule has 1 saturated heterocycles. The number of aromatic nitrogens is 3. The second-order valence-electron chi connectivity index (χ2n) is 9.37. The van der Waals surface area contributed by atoms with Gasteiger partial charge in [0, 0.05) is 22.9 Å². The van der Waals surface area contributed by atoms with Gasteiger partial charge in [-0.3, -0.25) is 0 Å². The zero-order valence-electron chi connectivity index (χ0n) is 20.0. The van der Waals surface area contributed by atoms with E-state index in [0.717, 1.165) is 41.3 Å². The van der Waals surface area contributed by atoms with Crippen LogP contribution in [0, 0.1) is 23.7 Å². The minimum Gasteiger partial charge on any atom is -0.489 e. The maximum absolute atomic E-state index is 10.0. The largest absolute Gasteiger partial charge is 0.489 e. The smallest absolute Gasteiger partial charge is 0.138 e. The average molecular weight is 480 g/mol. The lowest BCUT2D eigenvalue weighted by Gasteiger charge is -2.39. The van der Waals surface area contributed by atoms with E-state index in [1.807, 2.05) is 42.5 Å². The molecule has 0 radical (unpaired) electrons. The van der Waals surface area contributed by atoms with Crippen LogP contribution in [0.4, 0.5) is 5.82 Å². The quantitative estimate of drug-likeness (QED) is 0.404. The van der Waals surface area contributed by atoms with Gasteiger partial charge in [0.15, 0.2) is 0 Å². The molecule has 0 atom stereocenters. The molecule has 0 spiro atoms. The molecule has 1 aliphatic rings. The topological polar surface area (TPSA) is 95.9 Å². The summed E-state index contributed by atoms with van der Waals surface area (Å²) in [6, 6.07) is 15.5. The molecule has 36 heavy (non-hydrogen) atoms. The predicted octanol–water partition coefficient (Wildman–Crippen LogP) is 3.67. The molecule has 3 aromatic heterocycles. The molecule has 0 bridgehead atoms. The molecule has 1 N–H and O–H groups in total. The fourth-order valence-electron chi connectivity index (χ4n) is 3.99. The van der Waals surface area contributed by atoms with Crippen molar-refractivity contribution >= 4 is 11.3 Å². The molecule has 1 fully saturated rings. The fraction of sp³-hybridized carbons (Fsp3) is 0.250. The first-order valence-corrected chi connectivity index (χ1v) is 11.5. The summed E-state index contributed by atoms with van der Waals surface area (Å²) in [5.41, 5.74) is 2.58. The SMILES string of the molecule is C#Cc1ccc(OC2CN(c3ccc(-c4cc(OCC(C)(C)O)cn5ncc(C#N)c45)cn3)C2)cc1. The van der Waals surface area contributed by atoms with Crippen LogP contribution in [0.15, 0.2) is 61.1 Å². The van der Waals surface area contributed by atoms with Gasteiger partial charge < -0.3 is 19.5 Å². The zero-order chi connectivity index (χ0) is 25.3. The van der Waals surface area contributed by atoms with Crippen LogP contribution in [0.2, 0.25) is 0 Å². The van der Waals surface area contributed by atoms with E-state index in [4.69, 9.17) is 15.9 Å². The third-order valence-corrected chi connectivity index (χ3v) is 5.85. The van der Waals surface area contributed by atoms with Crippen LogP contribution in [0.5, 0.6) is 11.5 Å². The number of nitrogens with zero attached hydrogens (tertiary/aromatic N) is 5. The molecule has 0 unspecified atom stereocenters. The van der Waals surface area contributed by atoms with E-state index >= 15 is 0 Å². The highest BCUT2D eigenvalue weighted by atomic mass is 16.5. The molecule has 1 aromatic carbocycles. The Labute approximate surface area is 209 Å². The van der Waals surface area contributed by atoms with Gasteiger partial charge in [-0.25, -0.2) is 9.50 Å². The lowest BCUT2D eigenvalue weighted by atomic mass is 10.0. The Bertz CT molecular complexity index is 1470. The second kappa shape index (κ2) is 9.26. The van der Waals surface area contributed by atoms with Crippen LogP contribution >= 0.6 is 0 Å². The number of hydrogen-bond donors (Lipinski definition) is 1. The Morgan fingerprint density at radius 3 is 2.56 bits per heavy atom. The highest BCUT2D eigenvalue weighted by Crippen LogP contribution is 2.32. The van der Waals surface area contributed by atoms with E-state index in [2.05, 4.69) is 27.0 Å². The Balaban J connectivity index is 1.32. The Hall–Kier alpha value is -4.53. The van der Waals surface area contributed by atoms with Gasteiger partial charge in [-0.15, -0.1) is 6.42 Å². The molecule has 8 heteroatoms. The molecule has 4 aromatic rings. The van der Waals surface area contributed by atoms with E-state index in [9.17, 15) is 10.4 Å². The fourth-order valence-corrected chi connectivity index (χ4v) is 3.99. The van der Waals surface area contributed by atoms with Crippen molar-refractivity contribution in [1.29, 1.82) is 5.26 Å². The highest BCUT2D eigenvalue weighted by Gasteiger charge is 2.29. The summed E-state index contributed by atoms with van der Waals surface area (Å²) in [6.07, 6.45) is 10.5. The van der Waals surface area contributed by atoms with Gasteiger partial charge in [-0.05, 0) is 56.3 Å². The van der Waals surface area contributed by atoms with Gasteiger partial charge in [-0.1, -0.05) is 5.92 Å². The lowest BCUT2D eigenvalue weighted by Crippen LogP contribution is -2.54. The van der Waals surface area contributed by atoms with Crippen LogP contribution in [0.25, 0.3) is 16.6 Å². The van der Waals surface area contributed by atoms with Crippen molar-refractivity contribution in [2.45, 2.75) is 25.6 Å². The van der Waals surface area contributed by atoms with Gasteiger partial charge in [0.2, 0.25) is 0 Å². The summed E-state index contributed by atoms with van der Waals surface area (Å²) in [5.74, 6) is 4.78. The van der Waals surface area contributed by atoms with Crippen LogP contribution in [-0.2, 0) is 0 Å².